The first-order valence-corrected chi connectivity index (χ1v) is 8.11. The molecule has 0 fully saturated rings. The van der Waals surface area contributed by atoms with Crippen molar-refractivity contribution in [1.82, 2.24) is 5.32 Å². The maximum atomic E-state index is 13.8. The molecule has 1 unspecified atom stereocenters. The quantitative estimate of drug-likeness (QED) is 0.760. The summed E-state index contributed by atoms with van der Waals surface area (Å²) in [6, 6.07) is 13.7. The van der Waals surface area contributed by atoms with Crippen molar-refractivity contribution in [2.24, 2.45) is 0 Å². The maximum Gasteiger partial charge on any atom is 0.137 e. The number of benzene rings is 2. The average Bonchev–Trinajstić information content (AvgIpc) is 2.48. The van der Waals surface area contributed by atoms with Gasteiger partial charge < -0.3 is 5.32 Å². The lowest BCUT2D eigenvalue weighted by Crippen LogP contribution is -2.22. The summed E-state index contributed by atoms with van der Waals surface area (Å²) in [6.45, 7) is 7.24. The van der Waals surface area contributed by atoms with Gasteiger partial charge >= 0.3 is 0 Å². The van der Waals surface area contributed by atoms with Crippen LogP contribution in [0.2, 0.25) is 0 Å². The molecule has 1 nitrogen and oxygen atoms in total. The number of hydrogen-bond donors (Lipinski definition) is 1. The second kappa shape index (κ2) is 7.19. The number of halogens is 2. The normalized spacial score (nSPS) is 12.7. The van der Waals surface area contributed by atoms with E-state index >= 15 is 0 Å². The van der Waals surface area contributed by atoms with Crippen LogP contribution in [0, 0.1) is 5.82 Å². The fourth-order valence-corrected chi connectivity index (χ4v) is 2.92. The summed E-state index contributed by atoms with van der Waals surface area (Å²) < 4.78 is 14.3. The summed E-state index contributed by atoms with van der Waals surface area (Å²) in [4.78, 5) is 0. The first-order valence-electron chi connectivity index (χ1n) is 7.31. The second-order valence-electron chi connectivity index (χ2n) is 5.46. The van der Waals surface area contributed by atoms with Gasteiger partial charge in [0.25, 0.3) is 0 Å². The van der Waals surface area contributed by atoms with E-state index in [9.17, 15) is 4.39 Å². The van der Waals surface area contributed by atoms with E-state index in [4.69, 9.17) is 0 Å². The Kier molecular flexibility index (Phi) is 5.54. The van der Waals surface area contributed by atoms with E-state index in [1.54, 1.807) is 6.07 Å². The molecule has 0 radical (unpaired) electrons. The van der Waals surface area contributed by atoms with Crippen LogP contribution in [0.3, 0.4) is 0 Å². The standard InChI is InChI=1S/C18H21BrFN/c1-4-21-18(15-6-5-7-16(20)17(15)19)14-10-8-13(9-11-14)12(2)3/h5-12,18,21H,4H2,1-3H3. The largest absolute Gasteiger partial charge is 0.306 e. The highest BCUT2D eigenvalue weighted by Crippen LogP contribution is 2.31. The third-order valence-corrected chi connectivity index (χ3v) is 4.47. The molecule has 0 bridgehead atoms. The van der Waals surface area contributed by atoms with Crippen LogP contribution in [0.25, 0.3) is 0 Å². The Morgan fingerprint density at radius 3 is 2.24 bits per heavy atom. The van der Waals surface area contributed by atoms with Gasteiger partial charge in [-0.2, -0.15) is 0 Å². The maximum absolute atomic E-state index is 13.8. The van der Waals surface area contributed by atoms with Gasteiger partial charge in [0, 0.05) is 0 Å². The molecule has 2 aromatic rings. The monoisotopic (exact) mass is 349 g/mol. The van der Waals surface area contributed by atoms with Crippen molar-refractivity contribution in [3.05, 3.63) is 69.4 Å². The molecule has 2 aromatic carbocycles. The minimum Gasteiger partial charge on any atom is -0.306 e. The van der Waals surface area contributed by atoms with Crippen LogP contribution in [-0.2, 0) is 0 Å². The summed E-state index contributed by atoms with van der Waals surface area (Å²) in [7, 11) is 0. The Labute approximate surface area is 134 Å². The summed E-state index contributed by atoms with van der Waals surface area (Å²) >= 11 is 3.37. The molecule has 0 aromatic heterocycles. The van der Waals surface area contributed by atoms with Crippen LogP contribution in [0.4, 0.5) is 4.39 Å². The molecule has 1 atom stereocenters. The van der Waals surface area contributed by atoms with Crippen LogP contribution in [0.15, 0.2) is 46.9 Å². The smallest absolute Gasteiger partial charge is 0.137 e. The number of nitrogens with one attached hydrogen (secondary N) is 1. The summed E-state index contributed by atoms with van der Waals surface area (Å²) in [5.41, 5.74) is 3.38. The van der Waals surface area contributed by atoms with Crippen molar-refractivity contribution in [3.63, 3.8) is 0 Å². The zero-order valence-corrected chi connectivity index (χ0v) is 14.2. The van der Waals surface area contributed by atoms with Crippen molar-refractivity contribution in [2.45, 2.75) is 32.7 Å². The minimum absolute atomic E-state index is 0.0127. The van der Waals surface area contributed by atoms with Crippen molar-refractivity contribution < 1.29 is 4.39 Å². The Balaban J connectivity index is 2.41. The molecule has 1 N–H and O–H groups in total. The zero-order valence-electron chi connectivity index (χ0n) is 12.7. The van der Waals surface area contributed by atoms with Gasteiger partial charge in [-0.3, -0.25) is 0 Å². The minimum atomic E-state index is -0.228. The summed E-state index contributed by atoms with van der Waals surface area (Å²) in [5, 5.41) is 3.44. The third kappa shape index (κ3) is 3.72. The Morgan fingerprint density at radius 1 is 1.05 bits per heavy atom. The van der Waals surface area contributed by atoms with Gasteiger partial charge in [-0.25, -0.2) is 4.39 Å². The molecule has 0 spiro atoms. The highest BCUT2D eigenvalue weighted by molar-refractivity contribution is 9.10. The molecular weight excluding hydrogens is 329 g/mol. The molecule has 0 aliphatic heterocycles. The fraction of sp³-hybridized carbons (Fsp3) is 0.333. The highest BCUT2D eigenvalue weighted by Gasteiger charge is 2.17. The van der Waals surface area contributed by atoms with E-state index in [1.807, 2.05) is 6.07 Å². The lowest BCUT2D eigenvalue weighted by atomic mass is 9.95. The first-order chi connectivity index (χ1) is 10.0. The van der Waals surface area contributed by atoms with Crippen LogP contribution in [-0.4, -0.2) is 6.54 Å². The molecule has 3 heteroatoms. The van der Waals surface area contributed by atoms with Gasteiger partial charge in [-0.05, 0) is 51.1 Å². The average molecular weight is 350 g/mol. The Hall–Kier alpha value is -1.19. The molecule has 0 saturated heterocycles. The summed E-state index contributed by atoms with van der Waals surface area (Å²) in [6.07, 6.45) is 0. The van der Waals surface area contributed by atoms with Crippen LogP contribution in [0.5, 0.6) is 0 Å². The van der Waals surface area contributed by atoms with Crippen LogP contribution in [0.1, 0.15) is 49.4 Å². The summed E-state index contributed by atoms with van der Waals surface area (Å²) in [5.74, 6) is 0.284. The zero-order chi connectivity index (χ0) is 15.4. The molecule has 2 rings (SSSR count). The van der Waals surface area contributed by atoms with Gasteiger partial charge in [-0.15, -0.1) is 0 Å². The van der Waals surface area contributed by atoms with Gasteiger partial charge in [0.15, 0.2) is 0 Å². The molecule has 0 heterocycles. The first kappa shape index (κ1) is 16.2. The SMILES string of the molecule is CCNC(c1ccc(C(C)C)cc1)c1cccc(F)c1Br. The van der Waals surface area contributed by atoms with Gasteiger partial charge in [0.2, 0.25) is 0 Å². The predicted octanol–water partition coefficient (Wildman–Crippen LogP) is 5.41. The van der Waals surface area contributed by atoms with Crippen molar-refractivity contribution in [2.75, 3.05) is 6.54 Å². The highest BCUT2D eigenvalue weighted by atomic mass is 79.9. The number of rotatable bonds is 5. The predicted molar refractivity (Wildman–Crippen MR) is 90.2 cm³/mol. The van der Waals surface area contributed by atoms with E-state index in [-0.39, 0.29) is 11.9 Å². The fourth-order valence-electron chi connectivity index (χ4n) is 2.43. The Morgan fingerprint density at radius 2 is 1.67 bits per heavy atom. The lowest BCUT2D eigenvalue weighted by molar-refractivity contribution is 0.595. The van der Waals surface area contributed by atoms with E-state index in [0.29, 0.717) is 10.4 Å². The molecule has 0 aliphatic rings. The molecular formula is C18H21BrFN. The molecule has 0 amide bonds. The Bertz CT molecular complexity index is 593. The van der Waals surface area contributed by atoms with Crippen molar-refractivity contribution in [1.29, 1.82) is 0 Å². The molecule has 0 saturated carbocycles. The van der Waals surface area contributed by atoms with Gasteiger partial charge in [0.1, 0.15) is 5.82 Å². The molecule has 0 aliphatic carbocycles. The van der Waals surface area contributed by atoms with Gasteiger partial charge in [0.05, 0.1) is 10.5 Å². The number of hydrogen-bond acceptors (Lipinski definition) is 1. The van der Waals surface area contributed by atoms with Gasteiger partial charge in [-0.1, -0.05) is 57.2 Å². The van der Waals surface area contributed by atoms with Crippen LogP contribution >= 0.6 is 15.9 Å². The van der Waals surface area contributed by atoms with Crippen molar-refractivity contribution >= 4 is 15.9 Å². The van der Waals surface area contributed by atoms with E-state index in [0.717, 1.165) is 17.7 Å². The van der Waals surface area contributed by atoms with Crippen LogP contribution < -0.4 is 5.32 Å². The van der Waals surface area contributed by atoms with E-state index in [1.165, 1.54) is 11.6 Å². The van der Waals surface area contributed by atoms with Crippen molar-refractivity contribution in [3.8, 4) is 0 Å². The van der Waals surface area contributed by atoms with E-state index < -0.39 is 0 Å². The second-order valence-corrected chi connectivity index (χ2v) is 6.25. The molecule has 21 heavy (non-hydrogen) atoms. The third-order valence-electron chi connectivity index (χ3n) is 3.64. The van der Waals surface area contributed by atoms with E-state index in [2.05, 4.69) is 66.3 Å². The lowest BCUT2D eigenvalue weighted by Gasteiger charge is -2.21. The molecule has 112 valence electrons. The topological polar surface area (TPSA) is 12.0 Å².